The number of sulfonamides is 1. The average Bonchev–Trinajstić information content (AvgIpc) is 2.38. The van der Waals surface area contributed by atoms with Crippen LogP contribution in [0.1, 0.15) is 30.1 Å². The van der Waals surface area contributed by atoms with Crippen molar-refractivity contribution in [3.05, 3.63) is 28.8 Å². The van der Waals surface area contributed by atoms with Gasteiger partial charge in [-0.05, 0) is 37.0 Å². The van der Waals surface area contributed by atoms with Gasteiger partial charge in [-0.25, -0.2) is 8.42 Å². The molecule has 2 N–H and O–H groups in total. The van der Waals surface area contributed by atoms with E-state index in [2.05, 4.69) is 0 Å². The van der Waals surface area contributed by atoms with Gasteiger partial charge in [-0.3, -0.25) is 4.79 Å². The topological polar surface area (TPSA) is 80.5 Å². The van der Waals surface area contributed by atoms with Crippen LogP contribution in [0.3, 0.4) is 0 Å². The minimum absolute atomic E-state index is 0.0513. The third-order valence-electron chi connectivity index (χ3n) is 3.45. The third kappa shape index (κ3) is 2.97. The SMILES string of the molecule is C[C@@H]1CCCN(S(=O)(=O)c2cc(C(N)=O)ccc2Cl)C1. The van der Waals surface area contributed by atoms with Crippen LogP contribution < -0.4 is 5.73 Å². The zero-order chi connectivity index (χ0) is 14.9. The number of amides is 1. The molecule has 0 unspecified atom stereocenters. The highest BCUT2D eigenvalue weighted by Gasteiger charge is 2.30. The Balaban J connectivity index is 2.43. The molecule has 1 amide bonds. The molecule has 1 saturated heterocycles. The number of carbonyl (C=O) groups excluding carboxylic acids is 1. The molecule has 5 nitrogen and oxygen atoms in total. The summed E-state index contributed by atoms with van der Waals surface area (Å²) >= 11 is 5.98. The fourth-order valence-corrected chi connectivity index (χ4v) is 4.46. The first-order valence-electron chi connectivity index (χ1n) is 6.42. The Morgan fingerprint density at radius 1 is 1.45 bits per heavy atom. The van der Waals surface area contributed by atoms with Gasteiger partial charge in [-0.2, -0.15) is 4.31 Å². The quantitative estimate of drug-likeness (QED) is 0.924. The van der Waals surface area contributed by atoms with Gasteiger partial charge in [0.2, 0.25) is 15.9 Å². The van der Waals surface area contributed by atoms with Gasteiger partial charge < -0.3 is 5.73 Å². The van der Waals surface area contributed by atoms with Crippen molar-refractivity contribution in [2.24, 2.45) is 11.7 Å². The van der Waals surface area contributed by atoms with Gasteiger partial charge in [-0.1, -0.05) is 18.5 Å². The number of carbonyl (C=O) groups is 1. The van der Waals surface area contributed by atoms with Crippen LogP contribution in [-0.4, -0.2) is 31.7 Å². The monoisotopic (exact) mass is 316 g/mol. The van der Waals surface area contributed by atoms with Crippen molar-refractivity contribution < 1.29 is 13.2 Å². The van der Waals surface area contributed by atoms with E-state index in [4.69, 9.17) is 17.3 Å². The van der Waals surface area contributed by atoms with Crippen LogP contribution in [-0.2, 0) is 10.0 Å². The summed E-state index contributed by atoms with van der Waals surface area (Å²) in [4.78, 5) is 11.1. The first-order valence-corrected chi connectivity index (χ1v) is 8.23. The van der Waals surface area contributed by atoms with Crippen LogP contribution >= 0.6 is 11.6 Å². The zero-order valence-electron chi connectivity index (χ0n) is 11.2. The van der Waals surface area contributed by atoms with Gasteiger partial charge in [-0.15, -0.1) is 0 Å². The molecule has 0 bridgehead atoms. The Kier molecular flexibility index (Phi) is 4.36. The van der Waals surface area contributed by atoms with Crippen molar-refractivity contribution in [2.75, 3.05) is 13.1 Å². The molecule has 1 aliphatic rings. The Bertz CT molecular complexity index is 631. The van der Waals surface area contributed by atoms with E-state index in [-0.39, 0.29) is 15.5 Å². The Labute approximate surface area is 123 Å². The minimum Gasteiger partial charge on any atom is -0.366 e. The molecule has 1 aromatic carbocycles. The number of halogens is 1. The van der Waals surface area contributed by atoms with E-state index in [0.717, 1.165) is 12.8 Å². The van der Waals surface area contributed by atoms with Crippen molar-refractivity contribution in [1.29, 1.82) is 0 Å². The smallest absolute Gasteiger partial charge is 0.248 e. The van der Waals surface area contributed by atoms with Crippen LogP contribution in [0.25, 0.3) is 0 Å². The second kappa shape index (κ2) is 5.71. The third-order valence-corrected chi connectivity index (χ3v) is 5.80. The largest absolute Gasteiger partial charge is 0.366 e. The van der Waals surface area contributed by atoms with E-state index < -0.39 is 15.9 Å². The summed E-state index contributed by atoms with van der Waals surface area (Å²) in [5.41, 5.74) is 5.32. The van der Waals surface area contributed by atoms with E-state index in [1.807, 2.05) is 6.92 Å². The lowest BCUT2D eigenvalue weighted by atomic mass is 10.0. The predicted molar refractivity (Wildman–Crippen MR) is 77.1 cm³/mol. The summed E-state index contributed by atoms with van der Waals surface area (Å²) in [6.07, 6.45) is 1.84. The number of primary amides is 1. The summed E-state index contributed by atoms with van der Waals surface area (Å²) in [5.74, 6) is -0.359. The standard InChI is InChI=1S/C13H17ClN2O3S/c1-9-3-2-6-16(8-9)20(18,19)12-7-10(13(15)17)4-5-11(12)14/h4-5,7,9H,2-3,6,8H2,1H3,(H2,15,17)/t9-/m1/s1. The molecule has 2 rings (SSSR count). The number of hydrogen-bond acceptors (Lipinski definition) is 3. The molecule has 0 spiro atoms. The van der Waals surface area contributed by atoms with Crippen LogP contribution in [0.2, 0.25) is 5.02 Å². The Morgan fingerprint density at radius 3 is 2.75 bits per heavy atom. The first-order chi connectivity index (χ1) is 9.32. The average molecular weight is 317 g/mol. The molecule has 0 radical (unpaired) electrons. The van der Waals surface area contributed by atoms with Gasteiger partial charge in [0.1, 0.15) is 4.90 Å². The van der Waals surface area contributed by atoms with Crippen molar-refractivity contribution in [3.8, 4) is 0 Å². The van der Waals surface area contributed by atoms with Crippen LogP contribution in [0.5, 0.6) is 0 Å². The predicted octanol–water partition coefficient (Wildman–Crippen LogP) is 1.86. The fourth-order valence-electron chi connectivity index (χ4n) is 2.36. The summed E-state index contributed by atoms with van der Waals surface area (Å²) in [7, 11) is -3.69. The van der Waals surface area contributed by atoms with Crippen molar-refractivity contribution in [2.45, 2.75) is 24.7 Å². The van der Waals surface area contributed by atoms with Gasteiger partial charge in [0.15, 0.2) is 0 Å². The highest BCUT2D eigenvalue weighted by Crippen LogP contribution is 2.28. The molecule has 0 aromatic heterocycles. The van der Waals surface area contributed by atoms with Crippen molar-refractivity contribution in [1.82, 2.24) is 4.31 Å². The molecule has 1 atom stereocenters. The Morgan fingerprint density at radius 2 is 2.15 bits per heavy atom. The summed E-state index contributed by atoms with van der Waals surface area (Å²) in [5, 5.41) is 0.105. The maximum Gasteiger partial charge on any atom is 0.248 e. The second-order valence-electron chi connectivity index (χ2n) is 5.12. The number of piperidine rings is 1. The van der Waals surface area contributed by atoms with E-state index in [1.54, 1.807) is 0 Å². The maximum atomic E-state index is 12.6. The van der Waals surface area contributed by atoms with Gasteiger partial charge in [0.25, 0.3) is 0 Å². The molecular formula is C13H17ClN2O3S. The lowest BCUT2D eigenvalue weighted by Crippen LogP contribution is -2.39. The summed E-state index contributed by atoms with van der Waals surface area (Å²) in [6, 6.07) is 4.06. The zero-order valence-corrected chi connectivity index (χ0v) is 12.7. The summed E-state index contributed by atoms with van der Waals surface area (Å²) in [6.45, 7) is 2.96. The lowest BCUT2D eigenvalue weighted by molar-refractivity contribution is 0.1000. The van der Waals surface area contributed by atoms with Gasteiger partial charge >= 0.3 is 0 Å². The van der Waals surface area contributed by atoms with Gasteiger partial charge in [0.05, 0.1) is 5.02 Å². The summed E-state index contributed by atoms with van der Waals surface area (Å²) < 4.78 is 26.7. The van der Waals surface area contributed by atoms with E-state index in [1.165, 1.54) is 22.5 Å². The fraction of sp³-hybridized carbons (Fsp3) is 0.462. The number of benzene rings is 1. The highest BCUT2D eigenvalue weighted by atomic mass is 35.5. The molecule has 1 aliphatic heterocycles. The molecule has 1 fully saturated rings. The molecule has 20 heavy (non-hydrogen) atoms. The normalized spacial score (nSPS) is 20.8. The number of hydrogen-bond donors (Lipinski definition) is 1. The number of nitrogens with zero attached hydrogens (tertiary/aromatic N) is 1. The van der Waals surface area contributed by atoms with Gasteiger partial charge in [0, 0.05) is 18.7 Å². The van der Waals surface area contributed by atoms with Crippen molar-refractivity contribution >= 4 is 27.5 Å². The molecule has 110 valence electrons. The number of nitrogens with two attached hydrogens (primary N) is 1. The lowest BCUT2D eigenvalue weighted by Gasteiger charge is -2.30. The van der Waals surface area contributed by atoms with Crippen LogP contribution in [0.4, 0.5) is 0 Å². The molecule has 1 aromatic rings. The molecule has 0 aliphatic carbocycles. The molecule has 7 heteroatoms. The Hall–Kier alpha value is -1.11. The van der Waals surface area contributed by atoms with E-state index in [9.17, 15) is 13.2 Å². The first kappa shape index (κ1) is 15.3. The van der Waals surface area contributed by atoms with E-state index in [0.29, 0.717) is 19.0 Å². The van der Waals surface area contributed by atoms with Crippen LogP contribution in [0, 0.1) is 5.92 Å². The minimum atomic E-state index is -3.69. The van der Waals surface area contributed by atoms with Crippen LogP contribution in [0.15, 0.2) is 23.1 Å². The maximum absolute atomic E-state index is 12.6. The highest BCUT2D eigenvalue weighted by molar-refractivity contribution is 7.89. The molecule has 0 saturated carbocycles. The van der Waals surface area contributed by atoms with Crippen molar-refractivity contribution in [3.63, 3.8) is 0 Å². The molecule has 1 heterocycles. The number of rotatable bonds is 3. The van der Waals surface area contributed by atoms with E-state index >= 15 is 0 Å². The second-order valence-corrected chi connectivity index (χ2v) is 7.43. The molecular weight excluding hydrogens is 300 g/mol.